The van der Waals surface area contributed by atoms with E-state index in [1.54, 1.807) is 6.07 Å². The molecule has 0 spiro atoms. The Labute approximate surface area is 117 Å². The summed E-state index contributed by atoms with van der Waals surface area (Å²) < 4.78 is 0. The third-order valence-corrected chi connectivity index (χ3v) is 3.65. The number of hydrogen-bond acceptors (Lipinski definition) is 2. The normalized spacial score (nSPS) is 16.3. The lowest BCUT2D eigenvalue weighted by Crippen LogP contribution is -2.38. The molecule has 1 aromatic carbocycles. The fraction of sp³-hybridized carbons (Fsp3) is 0.462. The van der Waals surface area contributed by atoms with Crippen LogP contribution in [-0.2, 0) is 17.8 Å². The van der Waals surface area contributed by atoms with Gasteiger partial charge in [-0.1, -0.05) is 23.2 Å². The predicted molar refractivity (Wildman–Crippen MR) is 73.8 cm³/mol. The molecule has 1 heterocycles. The van der Waals surface area contributed by atoms with Crippen LogP contribution in [0.4, 0.5) is 0 Å². The molecule has 0 radical (unpaired) electrons. The number of carbonyl (C=O) groups is 1. The van der Waals surface area contributed by atoms with Crippen molar-refractivity contribution in [3.8, 4) is 0 Å². The number of carbonyl (C=O) groups excluding carboxylic acids is 1. The first-order valence-corrected chi connectivity index (χ1v) is 6.73. The monoisotopic (exact) mass is 286 g/mol. The fourth-order valence-corrected chi connectivity index (χ4v) is 2.86. The van der Waals surface area contributed by atoms with Crippen molar-refractivity contribution in [2.24, 2.45) is 5.73 Å². The molecule has 0 fully saturated rings. The molecule has 0 saturated heterocycles. The Morgan fingerprint density at radius 1 is 1.50 bits per heavy atom. The molecule has 1 aromatic rings. The Morgan fingerprint density at radius 3 is 2.89 bits per heavy atom. The summed E-state index contributed by atoms with van der Waals surface area (Å²) in [4.78, 5) is 13.8. The van der Waals surface area contributed by atoms with E-state index in [2.05, 4.69) is 0 Å². The van der Waals surface area contributed by atoms with E-state index in [0.29, 0.717) is 29.6 Å². The molecule has 0 aromatic heterocycles. The van der Waals surface area contributed by atoms with Gasteiger partial charge in [0.1, 0.15) is 0 Å². The molecule has 2 N–H and O–H groups in total. The highest BCUT2D eigenvalue weighted by Gasteiger charge is 2.23. The van der Waals surface area contributed by atoms with E-state index in [1.165, 1.54) is 0 Å². The van der Waals surface area contributed by atoms with Gasteiger partial charge in [0.05, 0.1) is 0 Å². The molecule has 0 aliphatic carbocycles. The maximum absolute atomic E-state index is 12.0. The van der Waals surface area contributed by atoms with Gasteiger partial charge in [-0.3, -0.25) is 4.79 Å². The van der Waals surface area contributed by atoms with Gasteiger partial charge in [0.25, 0.3) is 0 Å². The van der Waals surface area contributed by atoms with Crippen molar-refractivity contribution in [3.63, 3.8) is 0 Å². The third-order valence-electron chi connectivity index (χ3n) is 3.09. The summed E-state index contributed by atoms with van der Waals surface area (Å²) in [6.45, 7) is 3.10. The summed E-state index contributed by atoms with van der Waals surface area (Å²) in [7, 11) is 0. The van der Waals surface area contributed by atoms with Gasteiger partial charge >= 0.3 is 0 Å². The SMILES string of the molecule is CC(N)CC(=O)N1CCc2c(Cl)cc(Cl)cc2C1. The number of nitrogens with two attached hydrogens (primary N) is 1. The molecule has 3 nitrogen and oxygen atoms in total. The lowest BCUT2D eigenvalue weighted by atomic mass is 9.99. The maximum Gasteiger partial charge on any atom is 0.224 e. The molecular formula is C13H16Cl2N2O. The van der Waals surface area contributed by atoms with E-state index in [4.69, 9.17) is 28.9 Å². The number of fused-ring (bicyclic) bond motifs is 1. The molecule has 1 atom stereocenters. The first kappa shape index (κ1) is 13.7. The lowest BCUT2D eigenvalue weighted by molar-refractivity contribution is -0.132. The van der Waals surface area contributed by atoms with E-state index < -0.39 is 0 Å². The van der Waals surface area contributed by atoms with Gasteiger partial charge in [-0.15, -0.1) is 0 Å². The predicted octanol–water partition coefficient (Wildman–Crippen LogP) is 2.62. The van der Waals surface area contributed by atoms with Crippen molar-refractivity contribution in [1.29, 1.82) is 0 Å². The Morgan fingerprint density at radius 2 is 2.22 bits per heavy atom. The molecule has 0 saturated carbocycles. The highest BCUT2D eigenvalue weighted by atomic mass is 35.5. The van der Waals surface area contributed by atoms with Crippen LogP contribution in [0.15, 0.2) is 12.1 Å². The zero-order chi connectivity index (χ0) is 13.3. The largest absolute Gasteiger partial charge is 0.338 e. The zero-order valence-electron chi connectivity index (χ0n) is 10.2. The minimum atomic E-state index is -0.109. The molecule has 5 heteroatoms. The number of rotatable bonds is 2. The number of hydrogen-bond donors (Lipinski definition) is 1. The number of amides is 1. The van der Waals surface area contributed by atoms with E-state index in [9.17, 15) is 4.79 Å². The van der Waals surface area contributed by atoms with E-state index >= 15 is 0 Å². The van der Waals surface area contributed by atoms with Gasteiger partial charge in [-0.25, -0.2) is 0 Å². The van der Waals surface area contributed by atoms with Crippen molar-refractivity contribution < 1.29 is 4.79 Å². The number of benzene rings is 1. The van der Waals surface area contributed by atoms with Crippen molar-refractivity contribution in [2.75, 3.05) is 6.54 Å². The second-order valence-corrected chi connectivity index (χ2v) is 5.62. The summed E-state index contributed by atoms with van der Waals surface area (Å²) in [6, 6.07) is 3.52. The Kier molecular flexibility index (Phi) is 4.15. The van der Waals surface area contributed by atoms with E-state index in [0.717, 1.165) is 17.5 Å². The minimum absolute atomic E-state index is 0.0896. The van der Waals surface area contributed by atoms with Crippen molar-refractivity contribution in [3.05, 3.63) is 33.3 Å². The average Bonchev–Trinajstić information content (AvgIpc) is 2.26. The molecule has 1 unspecified atom stereocenters. The highest BCUT2D eigenvalue weighted by Crippen LogP contribution is 2.30. The van der Waals surface area contributed by atoms with Gasteiger partial charge < -0.3 is 10.6 Å². The van der Waals surface area contributed by atoms with Gasteiger partial charge in [0, 0.05) is 35.6 Å². The second kappa shape index (κ2) is 5.47. The fourth-order valence-electron chi connectivity index (χ4n) is 2.23. The van der Waals surface area contributed by atoms with Crippen molar-refractivity contribution >= 4 is 29.1 Å². The van der Waals surface area contributed by atoms with E-state index in [1.807, 2.05) is 17.9 Å². The molecular weight excluding hydrogens is 271 g/mol. The summed E-state index contributed by atoms with van der Waals surface area (Å²) in [5, 5.41) is 1.30. The Balaban J connectivity index is 2.17. The molecule has 2 rings (SSSR count). The maximum atomic E-state index is 12.0. The second-order valence-electron chi connectivity index (χ2n) is 4.77. The number of nitrogens with zero attached hydrogens (tertiary/aromatic N) is 1. The van der Waals surface area contributed by atoms with Crippen molar-refractivity contribution in [2.45, 2.75) is 32.4 Å². The standard InChI is InChI=1S/C13H16Cl2N2O/c1-8(16)4-13(18)17-3-2-11-9(7-17)5-10(14)6-12(11)15/h5-6,8H,2-4,7,16H2,1H3. The molecule has 0 bridgehead atoms. The van der Waals surface area contributed by atoms with Crippen LogP contribution in [-0.4, -0.2) is 23.4 Å². The van der Waals surface area contributed by atoms with Gasteiger partial charge in [0.15, 0.2) is 0 Å². The van der Waals surface area contributed by atoms with Crippen LogP contribution < -0.4 is 5.73 Å². The van der Waals surface area contributed by atoms with Gasteiger partial charge in [-0.2, -0.15) is 0 Å². The molecule has 1 amide bonds. The molecule has 18 heavy (non-hydrogen) atoms. The third kappa shape index (κ3) is 2.97. The van der Waals surface area contributed by atoms with Crippen LogP contribution in [0.25, 0.3) is 0 Å². The topological polar surface area (TPSA) is 46.3 Å². The van der Waals surface area contributed by atoms with Gasteiger partial charge in [-0.05, 0) is 36.6 Å². The van der Waals surface area contributed by atoms with Crippen LogP contribution in [0.2, 0.25) is 10.0 Å². The van der Waals surface area contributed by atoms with Crippen LogP contribution in [0, 0.1) is 0 Å². The summed E-state index contributed by atoms with van der Waals surface area (Å²) >= 11 is 12.1. The minimum Gasteiger partial charge on any atom is -0.338 e. The van der Waals surface area contributed by atoms with Crippen LogP contribution in [0.3, 0.4) is 0 Å². The van der Waals surface area contributed by atoms with Crippen LogP contribution in [0.1, 0.15) is 24.5 Å². The Bertz CT molecular complexity index is 474. The summed E-state index contributed by atoms with van der Waals surface area (Å²) in [6.07, 6.45) is 1.15. The molecule has 98 valence electrons. The van der Waals surface area contributed by atoms with E-state index in [-0.39, 0.29) is 11.9 Å². The number of halogens is 2. The summed E-state index contributed by atoms with van der Waals surface area (Å²) in [5.41, 5.74) is 7.79. The summed E-state index contributed by atoms with van der Waals surface area (Å²) in [5.74, 6) is 0.0896. The average molecular weight is 287 g/mol. The van der Waals surface area contributed by atoms with Crippen LogP contribution in [0.5, 0.6) is 0 Å². The first-order valence-electron chi connectivity index (χ1n) is 5.97. The first-order chi connectivity index (χ1) is 8.47. The van der Waals surface area contributed by atoms with Crippen molar-refractivity contribution in [1.82, 2.24) is 4.90 Å². The zero-order valence-corrected chi connectivity index (χ0v) is 11.8. The highest BCUT2D eigenvalue weighted by molar-refractivity contribution is 6.35. The van der Waals surface area contributed by atoms with Gasteiger partial charge in [0.2, 0.25) is 5.91 Å². The van der Waals surface area contributed by atoms with Crippen LogP contribution >= 0.6 is 23.2 Å². The lowest BCUT2D eigenvalue weighted by Gasteiger charge is -2.30. The quantitative estimate of drug-likeness (QED) is 0.908. The molecule has 1 aliphatic rings. The molecule has 1 aliphatic heterocycles. The Hall–Kier alpha value is -0.770. The smallest absolute Gasteiger partial charge is 0.224 e.